The number of amides is 1. The van der Waals surface area contributed by atoms with Crippen LogP contribution in [0.3, 0.4) is 0 Å². The summed E-state index contributed by atoms with van der Waals surface area (Å²) < 4.78 is 4.86. The van der Waals surface area contributed by atoms with Crippen LogP contribution in [0, 0.1) is 0 Å². The van der Waals surface area contributed by atoms with Gasteiger partial charge in [-0.25, -0.2) is 4.79 Å². The zero-order valence-electron chi connectivity index (χ0n) is 8.50. The molecule has 1 fully saturated rings. The number of ether oxygens (including phenoxy) is 1. The van der Waals surface area contributed by atoms with Gasteiger partial charge in [-0.3, -0.25) is 9.69 Å². The molecule has 1 aliphatic rings. The van der Waals surface area contributed by atoms with Gasteiger partial charge in [0.15, 0.2) is 0 Å². The van der Waals surface area contributed by atoms with Crippen LogP contribution < -0.4 is 0 Å². The number of cyclic esters (lactones) is 1. The molecular formula is C11H11NO4. The number of hydrogen-bond donors (Lipinski definition) is 1. The van der Waals surface area contributed by atoms with Gasteiger partial charge in [-0.1, -0.05) is 30.3 Å². The number of aliphatic carboxylic acids is 1. The molecule has 0 radical (unpaired) electrons. The fourth-order valence-corrected chi connectivity index (χ4v) is 1.72. The molecule has 0 saturated carbocycles. The standard InChI is InChI=1S/C11H11NO4/c13-10(14)6-12-9(7-16-11(12)15)8-4-2-1-3-5-8/h1-5,9H,6-7H2,(H,13,14)/t9-/m0/s1. The highest BCUT2D eigenvalue weighted by molar-refractivity contribution is 5.78. The Morgan fingerprint density at radius 2 is 2.12 bits per heavy atom. The lowest BCUT2D eigenvalue weighted by atomic mass is 10.1. The zero-order valence-corrected chi connectivity index (χ0v) is 8.50. The Morgan fingerprint density at radius 3 is 2.75 bits per heavy atom. The van der Waals surface area contributed by atoms with Crippen LogP contribution in [-0.2, 0) is 9.53 Å². The lowest BCUT2D eigenvalue weighted by Gasteiger charge is -2.19. The molecule has 16 heavy (non-hydrogen) atoms. The van der Waals surface area contributed by atoms with Gasteiger partial charge in [-0.15, -0.1) is 0 Å². The fraction of sp³-hybridized carbons (Fsp3) is 0.273. The van der Waals surface area contributed by atoms with Crippen molar-refractivity contribution in [2.24, 2.45) is 0 Å². The predicted molar refractivity (Wildman–Crippen MR) is 54.9 cm³/mol. The molecule has 1 atom stereocenters. The second kappa shape index (κ2) is 4.22. The Kier molecular flexibility index (Phi) is 2.76. The fourth-order valence-electron chi connectivity index (χ4n) is 1.72. The van der Waals surface area contributed by atoms with Crippen LogP contribution in [0.1, 0.15) is 11.6 Å². The topological polar surface area (TPSA) is 66.8 Å². The Morgan fingerprint density at radius 1 is 1.44 bits per heavy atom. The minimum absolute atomic E-state index is 0.204. The average Bonchev–Trinajstić information content (AvgIpc) is 2.61. The predicted octanol–water partition coefficient (Wildman–Crippen LogP) is 1.26. The molecule has 1 heterocycles. The number of hydrogen-bond acceptors (Lipinski definition) is 3. The maximum Gasteiger partial charge on any atom is 0.411 e. The Bertz CT molecular complexity index is 404. The number of nitrogens with zero attached hydrogens (tertiary/aromatic N) is 1. The summed E-state index contributed by atoms with van der Waals surface area (Å²) in [6.45, 7) is -0.130. The average molecular weight is 221 g/mol. The van der Waals surface area contributed by atoms with Gasteiger partial charge < -0.3 is 9.84 Å². The first-order valence-corrected chi connectivity index (χ1v) is 4.88. The Balaban J connectivity index is 2.21. The lowest BCUT2D eigenvalue weighted by Crippen LogP contribution is -2.32. The maximum atomic E-state index is 11.3. The molecule has 1 aromatic rings. The van der Waals surface area contributed by atoms with Crippen LogP contribution >= 0.6 is 0 Å². The van der Waals surface area contributed by atoms with Crippen LogP contribution in [-0.4, -0.2) is 35.2 Å². The van der Waals surface area contributed by atoms with Crippen molar-refractivity contribution in [3.05, 3.63) is 35.9 Å². The highest BCUT2D eigenvalue weighted by atomic mass is 16.6. The molecule has 1 saturated heterocycles. The summed E-state index contributed by atoms with van der Waals surface area (Å²) in [6.07, 6.45) is -0.573. The van der Waals surface area contributed by atoms with E-state index in [9.17, 15) is 9.59 Å². The van der Waals surface area contributed by atoms with E-state index in [-0.39, 0.29) is 19.2 Å². The molecule has 1 N–H and O–H groups in total. The summed E-state index contributed by atoms with van der Waals surface area (Å²) in [7, 11) is 0. The van der Waals surface area contributed by atoms with Gasteiger partial charge in [0.2, 0.25) is 0 Å². The number of benzene rings is 1. The van der Waals surface area contributed by atoms with Gasteiger partial charge in [0.05, 0.1) is 6.04 Å². The van der Waals surface area contributed by atoms with Crippen molar-refractivity contribution in [2.75, 3.05) is 13.2 Å². The van der Waals surface area contributed by atoms with Gasteiger partial charge in [-0.2, -0.15) is 0 Å². The monoisotopic (exact) mass is 221 g/mol. The van der Waals surface area contributed by atoms with E-state index in [1.54, 1.807) is 0 Å². The highest BCUT2D eigenvalue weighted by Crippen LogP contribution is 2.26. The van der Waals surface area contributed by atoms with Gasteiger partial charge in [-0.05, 0) is 5.56 Å². The van der Waals surface area contributed by atoms with Crippen molar-refractivity contribution in [1.82, 2.24) is 4.90 Å². The minimum atomic E-state index is -1.04. The van der Waals surface area contributed by atoms with Crippen molar-refractivity contribution < 1.29 is 19.4 Å². The van der Waals surface area contributed by atoms with Crippen molar-refractivity contribution in [1.29, 1.82) is 0 Å². The molecule has 0 unspecified atom stereocenters. The molecule has 84 valence electrons. The summed E-state index contributed by atoms with van der Waals surface area (Å²) in [6, 6.07) is 8.95. The number of carbonyl (C=O) groups excluding carboxylic acids is 1. The quantitative estimate of drug-likeness (QED) is 0.834. The molecule has 5 heteroatoms. The van der Waals surface area contributed by atoms with Crippen LogP contribution in [0.25, 0.3) is 0 Å². The number of carbonyl (C=O) groups is 2. The van der Waals surface area contributed by atoms with Crippen molar-refractivity contribution in [3.63, 3.8) is 0 Å². The van der Waals surface area contributed by atoms with Gasteiger partial charge >= 0.3 is 12.1 Å². The van der Waals surface area contributed by atoms with E-state index >= 15 is 0 Å². The van der Waals surface area contributed by atoms with Crippen LogP contribution in [0.4, 0.5) is 4.79 Å². The van der Waals surface area contributed by atoms with E-state index in [0.29, 0.717) is 0 Å². The number of carboxylic acid groups (broad SMARTS) is 1. The summed E-state index contributed by atoms with van der Waals surface area (Å²) in [4.78, 5) is 23.2. The molecule has 0 aromatic heterocycles. The summed E-state index contributed by atoms with van der Waals surface area (Å²) in [5.41, 5.74) is 0.884. The third-order valence-electron chi connectivity index (χ3n) is 2.47. The molecule has 1 aliphatic heterocycles. The molecule has 1 aromatic carbocycles. The van der Waals surface area contributed by atoms with E-state index in [1.165, 1.54) is 4.90 Å². The first-order chi connectivity index (χ1) is 7.68. The minimum Gasteiger partial charge on any atom is -0.480 e. The Labute approximate surface area is 92.2 Å². The van der Waals surface area contributed by atoms with Gasteiger partial charge in [0, 0.05) is 0 Å². The van der Waals surface area contributed by atoms with Crippen molar-refractivity contribution in [2.45, 2.75) is 6.04 Å². The lowest BCUT2D eigenvalue weighted by molar-refractivity contribution is -0.137. The van der Waals surface area contributed by atoms with Crippen LogP contribution in [0.5, 0.6) is 0 Å². The summed E-state index contributed by atoms with van der Waals surface area (Å²) in [5, 5.41) is 8.71. The molecule has 0 aliphatic carbocycles. The Hall–Kier alpha value is -2.04. The van der Waals surface area contributed by atoms with Crippen molar-refractivity contribution >= 4 is 12.1 Å². The summed E-state index contributed by atoms with van der Waals surface area (Å²) in [5.74, 6) is -1.04. The molecule has 0 spiro atoms. The van der Waals surface area contributed by atoms with Gasteiger partial charge in [0.1, 0.15) is 13.2 Å². The van der Waals surface area contributed by atoms with E-state index < -0.39 is 12.1 Å². The molecular weight excluding hydrogens is 210 g/mol. The van der Waals surface area contributed by atoms with Crippen LogP contribution in [0.2, 0.25) is 0 Å². The first-order valence-electron chi connectivity index (χ1n) is 4.88. The second-order valence-corrected chi connectivity index (χ2v) is 3.53. The van der Waals surface area contributed by atoms with Crippen molar-refractivity contribution in [3.8, 4) is 0 Å². The molecule has 5 nitrogen and oxygen atoms in total. The summed E-state index contributed by atoms with van der Waals surface area (Å²) >= 11 is 0. The van der Waals surface area contributed by atoms with E-state index in [2.05, 4.69) is 0 Å². The number of rotatable bonds is 3. The SMILES string of the molecule is O=C(O)CN1C(=O)OC[C@H]1c1ccccc1. The van der Waals surface area contributed by atoms with E-state index in [1.807, 2.05) is 30.3 Å². The maximum absolute atomic E-state index is 11.3. The third-order valence-corrected chi connectivity index (χ3v) is 2.47. The second-order valence-electron chi connectivity index (χ2n) is 3.53. The number of carboxylic acids is 1. The van der Waals surface area contributed by atoms with Crippen LogP contribution in [0.15, 0.2) is 30.3 Å². The van der Waals surface area contributed by atoms with E-state index in [4.69, 9.17) is 9.84 Å². The first kappa shape index (κ1) is 10.5. The normalized spacial score (nSPS) is 19.6. The highest BCUT2D eigenvalue weighted by Gasteiger charge is 2.35. The van der Waals surface area contributed by atoms with Gasteiger partial charge in [0.25, 0.3) is 0 Å². The smallest absolute Gasteiger partial charge is 0.411 e. The molecule has 0 bridgehead atoms. The molecule has 1 amide bonds. The third kappa shape index (κ3) is 1.98. The molecule has 2 rings (SSSR count). The van der Waals surface area contributed by atoms with E-state index in [0.717, 1.165) is 5.56 Å². The largest absolute Gasteiger partial charge is 0.480 e. The zero-order chi connectivity index (χ0) is 11.5.